The highest BCUT2D eigenvalue weighted by Crippen LogP contribution is 2.29. The number of thioether (sulfide) groups is 1. The van der Waals surface area contributed by atoms with Crippen LogP contribution in [-0.4, -0.2) is 39.6 Å². The first kappa shape index (κ1) is 13.9. The molecule has 0 aromatic heterocycles. The molecule has 1 unspecified atom stereocenters. The minimum atomic E-state index is -1.05. The Bertz CT molecular complexity index is 489. The number of benzene rings is 1. The molecule has 2 rings (SSSR count). The van der Waals surface area contributed by atoms with Crippen molar-refractivity contribution in [2.45, 2.75) is 25.1 Å². The fourth-order valence-electron chi connectivity index (χ4n) is 2.25. The molecule has 5 heteroatoms. The summed E-state index contributed by atoms with van der Waals surface area (Å²) < 4.78 is 0. The van der Waals surface area contributed by atoms with Gasteiger partial charge in [0.15, 0.2) is 0 Å². The largest absolute Gasteiger partial charge is 0.478 e. The lowest BCUT2D eigenvalue weighted by Crippen LogP contribution is -2.35. The van der Waals surface area contributed by atoms with Crippen LogP contribution in [0.1, 0.15) is 40.5 Å². The van der Waals surface area contributed by atoms with Gasteiger partial charge in [-0.05, 0) is 18.6 Å². The van der Waals surface area contributed by atoms with Crippen molar-refractivity contribution in [3.8, 4) is 0 Å². The molecule has 1 aromatic rings. The van der Waals surface area contributed by atoms with Gasteiger partial charge in [0.25, 0.3) is 5.91 Å². The van der Waals surface area contributed by atoms with E-state index < -0.39 is 5.97 Å². The van der Waals surface area contributed by atoms with Gasteiger partial charge in [-0.2, -0.15) is 0 Å². The van der Waals surface area contributed by atoms with Gasteiger partial charge in [-0.1, -0.05) is 25.5 Å². The maximum atomic E-state index is 12.5. The highest BCUT2D eigenvalue weighted by atomic mass is 32.2. The Morgan fingerprint density at radius 1 is 1.37 bits per heavy atom. The van der Waals surface area contributed by atoms with Crippen molar-refractivity contribution in [3.05, 3.63) is 35.4 Å². The maximum Gasteiger partial charge on any atom is 0.336 e. The lowest BCUT2D eigenvalue weighted by molar-refractivity contribution is 0.0675. The Kier molecular flexibility index (Phi) is 4.47. The number of hydrogen-bond donors (Lipinski definition) is 1. The second-order valence-corrected chi connectivity index (χ2v) is 5.75. The first-order chi connectivity index (χ1) is 9.15. The van der Waals surface area contributed by atoms with Crippen molar-refractivity contribution >= 4 is 23.6 Å². The van der Waals surface area contributed by atoms with Gasteiger partial charge >= 0.3 is 5.97 Å². The first-order valence-corrected chi connectivity index (χ1v) is 7.45. The Hall–Kier alpha value is -1.49. The molecule has 0 aliphatic carbocycles. The smallest absolute Gasteiger partial charge is 0.336 e. The number of carbonyl (C=O) groups excluding carboxylic acids is 1. The molecular formula is C14H17NO3S. The first-order valence-electron chi connectivity index (χ1n) is 6.40. The van der Waals surface area contributed by atoms with Crippen molar-refractivity contribution in [3.63, 3.8) is 0 Å². The summed E-state index contributed by atoms with van der Waals surface area (Å²) in [5.41, 5.74) is 0.373. The molecule has 0 spiro atoms. The molecular weight excluding hydrogens is 262 g/mol. The van der Waals surface area contributed by atoms with Crippen molar-refractivity contribution in [2.24, 2.45) is 0 Å². The number of carboxylic acids is 1. The number of carbonyl (C=O) groups is 2. The maximum absolute atomic E-state index is 12.5. The highest BCUT2D eigenvalue weighted by molar-refractivity contribution is 8.00. The summed E-state index contributed by atoms with van der Waals surface area (Å²) in [6.07, 6.45) is 1.97. The van der Waals surface area contributed by atoms with Crippen LogP contribution in [0, 0.1) is 0 Å². The topological polar surface area (TPSA) is 57.6 Å². The third-order valence-electron chi connectivity index (χ3n) is 3.17. The van der Waals surface area contributed by atoms with Crippen LogP contribution in [0.2, 0.25) is 0 Å². The van der Waals surface area contributed by atoms with Crippen molar-refractivity contribution in [2.75, 3.05) is 12.3 Å². The van der Waals surface area contributed by atoms with Crippen molar-refractivity contribution < 1.29 is 14.7 Å². The summed E-state index contributed by atoms with van der Waals surface area (Å²) in [6, 6.07) is 6.42. The number of rotatable bonds is 4. The van der Waals surface area contributed by atoms with Crippen LogP contribution in [0.4, 0.5) is 0 Å². The minimum Gasteiger partial charge on any atom is -0.478 e. The van der Waals surface area contributed by atoms with E-state index >= 15 is 0 Å². The van der Waals surface area contributed by atoms with E-state index in [9.17, 15) is 9.59 Å². The molecule has 1 aliphatic rings. The molecule has 0 bridgehead atoms. The zero-order valence-corrected chi connectivity index (χ0v) is 11.7. The zero-order valence-electron chi connectivity index (χ0n) is 10.8. The van der Waals surface area contributed by atoms with E-state index in [2.05, 4.69) is 6.92 Å². The normalized spacial score (nSPS) is 18.6. The summed E-state index contributed by atoms with van der Waals surface area (Å²) in [7, 11) is 0. The predicted molar refractivity (Wildman–Crippen MR) is 75.6 cm³/mol. The van der Waals surface area contributed by atoms with Gasteiger partial charge in [0.2, 0.25) is 0 Å². The number of aromatic carboxylic acids is 1. The Labute approximate surface area is 116 Å². The molecule has 0 radical (unpaired) electrons. The molecule has 1 amide bonds. The van der Waals surface area contributed by atoms with Crippen LogP contribution in [0.25, 0.3) is 0 Å². The molecule has 1 aromatic carbocycles. The van der Waals surface area contributed by atoms with Gasteiger partial charge in [-0.3, -0.25) is 4.79 Å². The molecule has 0 saturated carbocycles. The molecule has 4 nitrogen and oxygen atoms in total. The quantitative estimate of drug-likeness (QED) is 0.920. The summed E-state index contributed by atoms with van der Waals surface area (Å²) in [5.74, 6) is -0.296. The molecule has 102 valence electrons. The molecule has 1 aliphatic heterocycles. The number of nitrogens with zero attached hydrogens (tertiary/aromatic N) is 1. The van der Waals surface area contributed by atoms with Gasteiger partial charge < -0.3 is 10.0 Å². The monoisotopic (exact) mass is 279 g/mol. The van der Waals surface area contributed by atoms with Crippen LogP contribution in [0.3, 0.4) is 0 Å². The van der Waals surface area contributed by atoms with Crippen LogP contribution >= 0.6 is 11.8 Å². The van der Waals surface area contributed by atoms with Crippen LogP contribution in [0.5, 0.6) is 0 Å². The second kappa shape index (κ2) is 6.10. The van der Waals surface area contributed by atoms with Gasteiger partial charge in [-0.15, -0.1) is 11.8 Å². The van der Waals surface area contributed by atoms with E-state index in [-0.39, 0.29) is 16.8 Å². The molecule has 19 heavy (non-hydrogen) atoms. The Balaban J connectivity index is 2.26. The van der Waals surface area contributed by atoms with Gasteiger partial charge in [0.1, 0.15) is 0 Å². The Morgan fingerprint density at radius 2 is 2.05 bits per heavy atom. The lowest BCUT2D eigenvalue weighted by atomic mass is 10.1. The van der Waals surface area contributed by atoms with E-state index in [1.165, 1.54) is 6.07 Å². The summed E-state index contributed by atoms with van der Waals surface area (Å²) in [5, 5.41) is 9.33. The lowest BCUT2D eigenvalue weighted by Gasteiger charge is -2.24. The van der Waals surface area contributed by atoms with E-state index in [1.54, 1.807) is 34.9 Å². The van der Waals surface area contributed by atoms with Gasteiger partial charge in [-0.25, -0.2) is 4.79 Å². The molecule has 1 heterocycles. The predicted octanol–water partition coefficient (Wildman–Crippen LogP) is 2.70. The van der Waals surface area contributed by atoms with E-state index in [1.807, 2.05) is 0 Å². The fourth-order valence-corrected chi connectivity index (χ4v) is 3.61. The Morgan fingerprint density at radius 3 is 2.68 bits per heavy atom. The molecule has 1 saturated heterocycles. The second-order valence-electron chi connectivity index (χ2n) is 4.46. The van der Waals surface area contributed by atoms with Gasteiger partial charge in [0, 0.05) is 12.3 Å². The molecule has 1 atom stereocenters. The standard InChI is InChI=1S/C14H17NO3S/c1-2-5-12-15(8-9-19-12)13(16)10-6-3-4-7-11(10)14(17)18/h3-4,6-7,12H,2,5,8-9H2,1H3,(H,17,18). The average molecular weight is 279 g/mol. The SMILES string of the molecule is CCCC1SCCN1C(=O)c1ccccc1C(=O)O. The summed E-state index contributed by atoms with van der Waals surface area (Å²) in [6.45, 7) is 2.79. The van der Waals surface area contributed by atoms with E-state index in [0.717, 1.165) is 18.6 Å². The fraction of sp³-hybridized carbons (Fsp3) is 0.429. The average Bonchev–Trinajstić information content (AvgIpc) is 2.86. The number of hydrogen-bond acceptors (Lipinski definition) is 3. The van der Waals surface area contributed by atoms with Crippen molar-refractivity contribution in [1.29, 1.82) is 0 Å². The van der Waals surface area contributed by atoms with E-state index in [4.69, 9.17) is 5.11 Å². The van der Waals surface area contributed by atoms with Gasteiger partial charge in [0.05, 0.1) is 16.5 Å². The van der Waals surface area contributed by atoms with E-state index in [0.29, 0.717) is 12.1 Å². The van der Waals surface area contributed by atoms with Crippen LogP contribution < -0.4 is 0 Å². The zero-order chi connectivity index (χ0) is 13.8. The number of amides is 1. The number of carboxylic acid groups (broad SMARTS) is 1. The van der Waals surface area contributed by atoms with Crippen LogP contribution in [-0.2, 0) is 0 Å². The highest BCUT2D eigenvalue weighted by Gasteiger charge is 2.31. The summed E-state index contributed by atoms with van der Waals surface area (Å²) >= 11 is 1.77. The van der Waals surface area contributed by atoms with Crippen LogP contribution in [0.15, 0.2) is 24.3 Å². The minimum absolute atomic E-state index is 0.0830. The van der Waals surface area contributed by atoms with Crippen molar-refractivity contribution in [1.82, 2.24) is 4.90 Å². The summed E-state index contributed by atoms with van der Waals surface area (Å²) in [4.78, 5) is 25.5. The third kappa shape index (κ3) is 2.92. The third-order valence-corrected chi connectivity index (χ3v) is 4.47. The molecule has 1 fully saturated rings. The molecule has 1 N–H and O–H groups in total.